The molecule has 1 fully saturated rings. The van der Waals surface area contributed by atoms with Crippen molar-refractivity contribution in [2.45, 2.75) is 51.4 Å². The average molecular weight is 265 g/mol. The molecule has 1 saturated carbocycles. The van der Waals surface area contributed by atoms with Crippen molar-refractivity contribution in [2.75, 3.05) is 0 Å². The van der Waals surface area contributed by atoms with E-state index in [0.29, 0.717) is 0 Å². The molecule has 7 heteroatoms. The topological polar surface area (TPSA) is 81.7 Å². The van der Waals surface area contributed by atoms with E-state index in [4.69, 9.17) is 4.74 Å². The summed E-state index contributed by atoms with van der Waals surface area (Å²) in [5.74, 6) is 0.139. The minimum atomic E-state index is -3.76. The molecule has 0 radical (unpaired) electrons. The van der Waals surface area contributed by atoms with Crippen LogP contribution in [0.4, 0.5) is 4.79 Å². The second-order valence-corrected chi connectivity index (χ2v) is 7.12. The normalized spacial score (nSPS) is 18.6. The van der Waals surface area contributed by atoms with Crippen LogP contribution in [0, 0.1) is 5.92 Å². The summed E-state index contributed by atoms with van der Waals surface area (Å²) in [7, 11) is -3.76. The highest BCUT2D eigenvalue weighted by Gasteiger charge is 2.38. The highest BCUT2D eigenvalue weighted by atomic mass is 32.2. The standard InChI is InChI=1S/C10H19NO5S/c1-7(8-5-6-8)17(13,14)16-11-9(12)15-10(2,3)4/h7-8H,5-6H2,1-4H3,(H,11,12). The highest BCUT2D eigenvalue weighted by Crippen LogP contribution is 2.36. The predicted molar refractivity (Wildman–Crippen MR) is 61.6 cm³/mol. The van der Waals surface area contributed by atoms with Crippen molar-refractivity contribution in [1.29, 1.82) is 0 Å². The van der Waals surface area contributed by atoms with Crippen LogP contribution in [0.25, 0.3) is 0 Å². The number of hydrogen-bond acceptors (Lipinski definition) is 5. The van der Waals surface area contributed by atoms with Gasteiger partial charge >= 0.3 is 6.09 Å². The van der Waals surface area contributed by atoms with Gasteiger partial charge in [-0.25, -0.2) is 4.79 Å². The van der Waals surface area contributed by atoms with Gasteiger partial charge in [0.25, 0.3) is 10.1 Å². The molecule has 1 aliphatic rings. The lowest BCUT2D eigenvalue weighted by molar-refractivity contribution is 0.0296. The van der Waals surface area contributed by atoms with E-state index in [1.165, 1.54) is 0 Å². The van der Waals surface area contributed by atoms with E-state index in [-0.39, 0.29) is 5.92 Å². The van der Waals surface area contributed by atoms with Gasteiger partial charge in [0.2, 0.25) is 0 Å². The van der Waals surface area contributed by atoms with Gasteiger partial charge in [0.05, 0.1) is 5.25 Å². The molecule has 0 aliphatic heterocycles. The van der Waals surface area contributed by atoms with Gasteiger partial charge in [-0.15, -0.1) is 4.28 Å². The Morgan fingerprint density at radius 3 is 2.29 bits per heavy atom. The number of carbonyl (C=O) groups excluding carboxylic acids is 1. The summed E-state index contributed by atoms with van der Waals surface area (Å²) in [6.45, 7) is 6.60. The van der Waals surface area contributed by atoms with Gasteiger partial charge in [0, 0.05) is 0 Å². The number of rotatable bonds is 4. The van der Waals surface area contributed by atoms with Crippen LogP contribution in [0.15, 0.2) is 0 Å². The number of nitrogens with one attached hydrogen (secondary N) is 1. The lowest BCUT2D eigenvalue weighted by atomic mass is 10.2. The maximum Gasteiger partial charge on any atom is 0.432 e. The van der Waals surface area contributed by atoms with Crippen LogP contribution < -0.4 is 5.48 Å². The van der Waals surface area contributed by atoms with E-state index in [2.05, 4.69) is 4.28 Å². The summed E-state index contributed by atoms with van der Waals surface area (Å²) in [5.41, 5.74) is 1.10. The second-order valence-electron chi connectivity index (χ2n) is 5.22. The third-order valence-corrected chi connectivity index (χ3v) is 3.99. The average Bonchev–Trinajstić information content (AvgIpc) is 2.94. The Bertz CT molecular complexity index is 380. The molecule has 0 aromatic rings. The molecule has 0 saturated heterocycles. The van der Waals surface area contributed by atoms with E-state index >= 15 is 0 Å². The Morgan fingerprint density at radius 2 is 1.88 bits per heavy atom. The molecule has 0 aromatic heterocycles. The monoisotopic (exact) mass is 265 g/mol. The van der Waals surface area contributed by atoms with Gasteiger partial charge in [-0.1, -0.05) is 0 Å². The van der Waals surface area contributed by atoms with Crippen LogP contribution in [0.5, 0.6) is 0 Å². The van der Waals surface area contributed by atoms with E-state index in [1.54, 1.807) is 33.2 Å². The van der Waals surface area contributed by atoms with Crippen molar-refractivity contribution in [3.05, 3.63) is 0 Å². The second kappa shape index (κ2) is 4.81. The van der Waals surface area contributed by atoms with Crippen LogP contribution in [0.2, 0.25) is 0 Å². The zero-order valence-corrected chi connectivity index (χ0v) is 11.3. The van der Waals surface area contributed by atoms with Crippen LogP contribution in [-0.2, 0) is 19.1 Å². The molecule has 1 aliphatic carbocycles. The number of ether oxygens (including phenoxy) is 1. The van der Waals surface area contributed by atoms with E-state index in [1.807, 2.05) is 0 Å². The molecule has 1 N–H and O–H groups in total. The Kier molecular flexibility index (Phi) is 4.03. The summed E-state index contributed by atoms with van der Waals surface area (Å²) in [6.07, 6.45) is 0.857. The van der Waals surface area contributed by atoms with Crippen molar-refractivity contribution in [3.8, 4) is 0 Å². The molecular weight excluding hydrogens is 246 g/mol. The minimum Gasteiger partial charge on any atom is -0.442 e. The number of hydrogen-bond donors (Lipinski definition) is 1. The van der Waals surface area contributed by atoms with Crippen molar-refractivity contribution in [3.63, 3.8) is 0 Å². The van der Waals surface area contributed by atoms with Crippen LogP contribution in [-0.4, -0.2) is 25.4 Å². The molecule has 1 amide bonds. The summed E-state index contributed by atoms with van der Waals surface area (Å²) in [5, 5.41) is -0.600. The lowest BCUT2D eigenvalue weighted by Gasteiger charge is -2.19. The predicted octanol–water partition coefficient (Wildman–Crippen LogP) is 1.57. The summed E-state index contributed by atoms with van der Waals surface area (Å²) >= 11 is 0. The third-order valence-electron chi connectivity index (χ3n) is 2.38. The zero-order valence-electron chi connectivity index (χ0n) is 10.5. The maximum atomic E-state index is 11.6. The van der Waals surface area contributed by atoms with Gasteiger partial charge in [0.15, 0.2) is 0 Å². The Hall–Kier alpha value is -0.820. The molecule has 0 spiro atoms. The quantitative estimate of drug-likeness (QED) is 0.780. The van der Waals surface area contributed by atoms with E-state index in [9.17, 15) is 13.2 Å². The van der Waals surface area contributed by atoms with Gasteiger partial charge in [0.1, 0.15) is 5.60 Å². The molecule has 0 heterocycles. The first-order chi connectivity index (χ1) is 7.62. The van der Waals surface area contributed by atoms with Crippen LogP contribution >= 0.6 is 0 Å². The molecule has 1 rings (SSSR count). The first-order valence-corrected chi connectivity index (χ1v) is 7.00. The van der Waals surface area contributed by atoms with Gasteiger partial charge in [-0.3, -0.25) is 0 Å². The minimum absolute atomic E-state index is 0.139. The lowest BCUT2D eigenvalue weighted by Crippen LogP contribution is -2.36. The molecular formula is C10H19NO5S. The molecule has 1 unspecified atom stereocenters. The summed E-state index contributed by atoms with van der Waals surface area (Å²) in [4.78, 5) is 11.2. The first kappa shape index (κ1) is 14.2. The van der Waals surface area contributed by atoms with Gasteiger partial charge < -0.3 is 4.74 Å². The molecule has 100 valence electrons. The van der Waals surface area contributed by atoms with E-state index < -0.39 is 27.1 Å². The molecule has 17 heavy (non-hydrogen) atoms. The van der Waals surface area contributed by atoms with Crippen LogP contribution in [0.3, 0.4) is 0 Å². The molecule has 1 atom stereocenters. The zero-order chi connectivity index (χ0) is 13.3. The Balaban J connectivity index is 2.41. The van der Waals surface area contributed by atoms with Crippen molar-refractivity contribution in [1.82, 2.24) is 5.48 Å². The summed E-state index contributed by atoms with van der Waals surface area (Å²) in [6, 6.07) is 0. The molecule has 6 nitrogen and oxygen atoms in total. The van der Waals surface area contributed by atoms with Crippen molar-refractivity contribution >= 4 is 16.2 Å². The third kappa shape index (κ3) is 4.91. The largest absolute Gasteiger partial charge is 0.442 e. The summed E-state index contributed by atoms with van der Waals surface area (Å²) < 4.78 is 32.5. The molecule has 0 aromatic carbocycles. The Morgan fingerprint density at radius 1 is 1.35 bits per heavy atom. The van der Waals surface area contributed by atoms with Crippen molar-refractivity contribution in [2.24, 2.45) is 5.92 Å². The smallest absolute Gasteiger partial charge is 0.432 e. The maximum absolute atomic E-state index is 11.6. The highest BCUT2D eigenvalue weighted by molar-refractivity contribution is 7.87. The fraction of sp³-hybridized carbons (Fsp3) is 0.900. The van der Waals surface area contributed by atoms with Gasteiger partial charge in [-0.05, 0) is 46.5 Å². The fourth-order valence-electron chi connectivity index (χ4n) is 1.27. The van der Waals surface area contributed by atoms with Crippen LogP contribution in [0.1, 0.15) is 40.5 Å². The molecule has 0 bridgehead atoms. The van der Waals surface area contributed by atoms with E-state index in [0.717, 1.165) is 12.8 Å². The number of carbonyl (C=O) groups is 1. The van der Waals surface area contributed by atoms with Gasteiger partial charge in [-0.2, -0.15) is 13.9 Å². The number of amides is 1. The Labute approximate surface area is 102 Å². The first-order valence-electron chi connectivity index (χ1n) is 5.53. The fourth-order valence-corrected chi connectivity index (χ4v) is 2.35. The SMILES string of the molecule is CC(C1CC1)S(=O)(=O)ONC(=O)OC(C)(C)C. The number of hydroxylamine groups is 1. The van der Waals surface area contributed by atoms with Crippen molar-refractivity contribution < 1.29 is 22.2 Å².